The van der Waals surface area contributed by atoms with Crippen LogP contribution in [0.1, 0.15) is 60.9 Å². The largest absolute Gasteiger partial charge is 0.341 e. The third-order valence-corrected chi connectivity index (χ3v) is 4.27. The molecule has 1 aromatic carbocycles. The number of aromatic nitrogens is 2. The smallest absolute Gasteiger partial charge is 0.315 e. The summed E-state index contributed by atoms with van der Waals surface area (Å²) in [5.41, 5.74) is 2.18. The van der Waals surface area contributed by atoms with E-state index >= 15 is 0 Å². The molecular formula is C16H18BrN3O2. The minimum Gasteiger partial charge on any atom is -0.341 e. The van der Waals surface area contributed by atoms with Gasteiger partial charge >= 0.3 is 11.8 Å². The van der Waals surface area contributed by atoms with Crippen LogP contribution in [0.3, 0.4) is 0 Å². The van der Waals surface area contributed by atoms with Crippen LogP contribution in [-0.2, 0) is 11.8 Å². The van der Waals surface area contributed by atoms with Gasteiger partial charge in [-0.05, 0) is 36.1 Å². The molecule has 1 heterocycles. The number of hydrogen-bond acceptors (Lipinski definition) is 4. The van der Waals surface area contributed by atoms with Gasteiger partial charge in [-0.3, -0.25) is 4.79 Å². The predicted octanol–water partition coefficient (Wildman–Crippen LogP) is 3.55. The summed E-state index contributed by atoms with van der Waals surface area (Å²) in [6.45, 7) is 5.93. The standard InChI is InChI=1S/C16H18BrN3O2/c1-16(2,3)15-19-14(22-20-15)13(21)18-12-7-4-9-8-10(17)5-6-11(9)12/h5-6,8,12H,4,7H2,1-3H3,(H,18,21)/t12-/m1/s1. The lowest BCUT2D eigenvalue weighted by atomic mass is 9.96. The van der Waals surface area contributed by atoms with Gasteiger partial charge in [0, 0.05) is 9.89 Å². The summed E-state index contributed by atoms with van der Waals surface area (Å²) in [6.07, 6.45) is 1.84. The average Bonchev–Trinajstić information content (AvgIpc) is 3.05. The van der Waals surface area contributed by atoms with Crippen molar-refractivity contribution >= 4 is 21.8 Å². The molecule has 22 heavy (non-hydrogen) atoms. The molecule has 1 atom stereocenters. The lowest BCUT2D eigenvalue weighted by Crippen LogP contribution is -2.27. The molecule has 0 aliphatic heterocycles. The maximum atomic E-state index is 12.3. The normalized spacial score (nSPS) is 17.4. The van der Waals surface area contributed by atoms with E-state index in [-0.39, 0.29) is 23.3 Å². The molecule has 6 heteroatoms. The van der Waals surface area contributed by atoms with Gasteiger partial charge in [0.25, 0.3) is 0 Å². The molecule has 0 spiro atoms. The highest BCUT2D eigenvalue weighted by Crippen LogP contribution is 2.33. The summed E-state index contributed by atoms with van der Waals surface area (Å²) in [5.74, 6) is 0.243. The second-order valence-electron chi connectivity index (χ2n) is 6.58. The van der Waals surface area contributed by atoms with Crippen LogP contribution in [0, 0.1) is 0 Å². The van der Waals surface area contributed by atoms with Crippen molar-refractivity contribution in [3.05, 3.63) is 45.5 Å². The summed E-state index contributed by atoms with van der Waals surface area (Å²) in [6, 6.07) is 6.14. The number of aryl methyl sites for hydroxylation is 1. The molecule has 1 aliphatic rings. The Kier molecular flexibility index (Phi) is 3.80. The number of halogens is 1. The van der Waals surface area contributed by atoms with Gasteiger partial charge in [0.2, 0.25) is 0 Å². The molecule has 1 aromatic heterocycles. The first kappa shape index (κ1) is 15.2. The highest BCUT2D eigenvalue weighted by atomic mass is 79.9. The first-order valence-electron chi connectivity index (χ1n) is 7.28. The number of benzene rings is 1. The maximum absolute atomic E-state index is 12.3. The number of carbonyl (C=O) groups is 1. The van der Waals surface area contributed by atoms with Crippen molar-refractivity contribution in [1.29, 1.82) is 0 Å². The molecule has 0 unspecified atom stereocenters. The molecule has 116 valence electrons. The molecule has 0 bridgehead atoms. The fourth-order valence-corrected chi connectivity index (χ4v) is 2.98. The van der Waals surface area contributed by atoms with E-state index in [4.69, 9.17) is 4.52 Å². The van der Waals surface area contributed by atoms with E-state index in [0.29, 0.717) is 5.82 Å². The van der Waals surface area contributed by atoms with Gasteiger partial charge in [-0.2, -0.15) is 4.98 Å². The van der Waals surface area contributed by atoms with E-state index < -0.39 is 0 Å². The van der Waals surface area contributed by atoms with Crippen LogP contribution < -0.4 is 5.32 Å². The number of nitrogens with zero attached hydrogens (tertiary/aromatic N) is 2. The molecule has 1 N–H and O–H groups in total. The average molecular weight is 364 g/mol. The fourth-order valence-electron chi connectivity index (χ4n) is 2.58. The first-order chi connectivity index (χ1) is 10.3. The number of nitrogens with one attached hydrogen (secondary N) is 1. The molecule has 0 fully saturated rings. The quantitative estimate of drug-likeness (QED) is 0.885. The van der Waals surface area contributed by atoms with Gasteiger partial charge in [-0.25, -0.2) is 0 Å². The highest BCUT2D eigenvalue weighted by Gasteiger charge is 2.28. The molecule has 0 radical (unpaired) electrons. The summed E-state index contributed by atoms with van der Waals surface area (Å²) >= 11 is 3.47. The summed E-state index contributed by atoms with van der Waals surface area (Å²) in [4.78, 5) is 16.5. The third-order valence-electron chi connectivity index (χ3n) is 3.78. The molecule has 0 saturated carbocycles. The Hall–Kier alpha value is -1.69. The Bertz CT molecular complexity index is 718. The van der Waals surface area contributed by atoms with E-state index in [2.05, 4.69) is 37.5 Å². The molecule has 2 aromatic rings. The van der Waals surface area contributed by atoms with Crippen LogP contribution in [-0.4, -0.2) is 16.0 Å². The Morgan fingerprint density at radius 2 is 2.18 bits per heavy atom. The summed E-state index contributed by atoms with van der Waals surface area (Å²) in [5, 5.41) is 6.87. The van der Waals surface area contributed by atoms with Crippen LogP contribution >= 0.6 is 15.9 Å². The Labute approximate surface area is 137 Å². The SMILES string of the molecule is CC(C)(C)c1noc(C(=O)N[C@@H]2CCc3cc(Br)ccc32)n1. The minimum absolute atomic E-state index is 0.000543. The lowest BCUT2D eigenvalue weighted by molar-refractivity contribution is 0.0892. The molecule has 0 saturated heterocycles. The number of rotatable bonds is 2. The third kappa shape index (κ3) is 2.92. The van der Waals surface area contributed by atoms with Gasteiger partial charge < -0.3 is 9.84 Å². The van der Waals surface area contributed by atoms with Gasteiger partial charge in [0.1, 0.15) is 0 Å². The van der Waals surface area contributed by atoms with E-state index in [9.17, 15) is 4.79 Å². The summed E-state index contributed by atoms with van der Waals surface area (Å²) < 4.78 is 6.15. The van der Waals surface area contributed by atoms with Gasteiger partial charge in [0.05, 0.1) is 6.04 Å². The monoisotopic (exact) mass is 363 g/mol. The second-order valence-corrected chi connectivity index (χ2v) is 7.50. The van der Waals surface area contributed by atoms with Crippen molar-refractivity contribution in [3.63, 3.8) is 0 Å². The van der Waals surface area contributed by atoms with Crippen molar-refractivity contribution in [2.45, 2.75) is 45.1 Å². The van der Waals surface area contributed by atoms with Crippen molar-refractivity contribution in [1.82, 2.24) is 15.5 Å². The lowest BCUT2D eigenvalue weighted by Gasteiger charge is -2.12. The van der Waals surface area contributed by atoms with Gasteiger partial charge in [-0.15, -0.1) is 0 Å². The predicted molar refractivity (Wildman–Crippen MR) is 85.7 cm³/mol. The Morgan fingerprint density at radius 3 is 2.86 bits per heavy atom. The summed E-state index contributed by atoms with van der Waals surface area (Å²) in [7, 11) is 0. The van der Waals surface area contributed by atoms with Crippen LogP contribution in [0.25, 0.3) is 0 Å². The van der Waals surface area contributed by atoms with E-state index in [1.54, 1.807) is 0 Å². The van der Waals surface area contributed by atoms with E-state index in [1.165, 1.54) is 5.56 Å². The fraction of sp³-hybridized carbons (Fsp3) is 0.438. The number of hydrogen-bond donors (Lipinski definition) is 1. The Balaban J connectivity index is 1.75. The van der Waals surface area contributed by atoms with Crippen molar-refractivity contribution in [2.24, 2.45) is 0 Å². The maximum Gasteiger partial charge on any atom is 0.315 e. The Morgan fingerprint density at radius 1 is 1.41 bits per heavy atom. The van der Waals surface area contributed by atoms with Gasteiger partial charge in [-0.1, -0.05) is 47.9 Å². The minimum atomic E-state index is -0.316. The molecule has 1 amide bonds. The van der Waals surface area contributed by atoms with Crippen LogP contribution in [0.2, 0.25) is 0 Å². The zero-order valence-electron chi connectivity index (χ0n) is 12.8. The zero-order chi connectivity index (χ0) is 15.9. The first-order valence-corrected chi connectivity index (χ1v) is 8.07. The number of fused-ring (bicyclic) bond motifs is 1. The van der Waals surface area contributed by atoms with Crippen LogP contribution in [0.4, 0.5) is 0 Å². The van der Waals surface area contributed by atoms with Crippen molar-refractivity contribution in [3.8, 4) is 0 Å². The van der Waals surface area contributed by atoms with Crippen molar-refractivity contribution < 1.29 is 9.32 Å². The van der Waals surface area contributed by atoms with Gasteiger partial charge in [0.15, 0.2) is 5.82 Å². The van der Waals surface area contributed by atoms with Crippen molar-refractivity contribution in [2.75, 3.05) is 0 Å². The number of carbonyl (C=O) groups excluding carboxylic acids is 1. The van der Waals surface area contributed by atoms with Crippen LogP contribution in [0.5, 0.6) is 0 Å². The van der Waals surface area contributed by atoms with E-state index in [1.807, 2.05) is 32.9 Å². The second kappa shape index (κ2) is 5.50. The topological polar surface area (TPSA) is 68.0 Å². The molecular weight excluding hydrogens is 346 g/mol. The molecule has 3 rings (SSSR count). The highest BCUT2D eigenvalue weighted by molar-refractivity contribution is 9.10. The number of amides is 1. The molecule has 1 aliphatic carbocycles. The van der Waals surface area contributed by atoms with Crippen LogP contribution in [0.15, 0.2) is 27.2 Å². The zero-order valence-corrected chi connectivity index (χ0v) is 14.4. The van der Waals surface area contributed by atoms with E-state index in [0.717, 1.165) is 22.9 Å². The molecule has 5 nitrogen and oxygen atoms in total.